The van der Waals surface area contributed by atoms with E-state index >= 15 is 0 Å². The number of rotatable bonds is 7. The van der Waals surface area contributed by atoms with Gasteiger partial charge in [-0.1, -0.05) is 12.1 Å². The highest BCUT2D eigenvalue weighted by atomic mass is 16.5. The zero-order valence-corrected chi connectivity index (χ0v) is 20.2. The maximum absolute atomic E-state index is 12.4. The first-order valence-electron chi connectivity index (χ1n) is 13.6. The highest BCUT2D eigenvalue weighted by Crippen LogP contribution is 2.37. The average molecular weight is 455 g/mol. The number of carbonyl (C=O) groups is 1. The summed E-state index contributed by atoms with van der Waals surface area (Å²) in [7, 11) is 0. The molecule has 5 nitrogen and oxygen atoms in total. The summed E-state index contributed by atoms with van der Waals surface area (Å²) in [5, 5.41) is 3.33. The fraction of sp³-hybridized carbons (Fsp3) is 0.750. The van der Waals surface area contributed by atoms with E-state index < -0.39 is 0 Å². The standard InChI is InChI=1S/C28H42N2O3/c31-28(20-22-11-17-32-18-12-22)29-24-6-4-21(5-7-24)8-14-30-15-9-23(10-16-30)25-2-1-3-27-26(25)13-19-33-27/h1-3,21-24H,4-20H2,(H,29,31). The highest BCUT2D eigenvalue weighted by Gasteiger charge is 2.27. The third kappa shape index (κ3) is 6.10. The lowest BCUT2D eigenvalue weighted by molar-refractivity contribution is -0.123. The van der Waals surface area contributed by atoms with Crippen LogP contribution in [0.15, 0.2) is 18.2 Å². The third-order valence-electron chi connectivity index (χ3n) is 8.69. The van der Waals surface area contributed by atoms with E-state index in [1.807, 2.05) is 0 Å². The average Bonchev–Trinajstić information content (AvgIpc) is 3.34. The normalized spacial score (nSPS) is 27.2. The molecular formula is C28H42N2O3. The van der Waals surface area contributed by atoms with E-state index in [1.54, 1.807) is 5.56 Å². The lowest BCUT2D eigenvalue weighted by atomic mass is 9.83. The number of fused-ring (bicyclic) bond motifs is 1. The zero-order valence-electron chi connectivity index (χ0n) is 20.2. The van der Waals surface area contributed by atoms with E-state index in [1.165, 1.54) is 57.3 Å². The van der Waals surface area contributed by atoms with Gasteiger partial charge in [-0.2, -0.15) is 0 Å². The van der Waals surface area contributed by atoms with Gasteiger partial charge in [0.25, 0.3) is 0 Å². The van der Waals surface area contributed by atoms with E-state index in [-0.39, 0.29) is 5.91 Å². The Morgan fingerprint density at radius 2 is 1.73 bits per heavy atom. The molecule has 3 fully saturated rings. The number of amides is 1. The van der Waals surface area contributed by atoms with Gasteiger partial charge >= 0.3 is 0 Å². The SMILES string of the molecule is O=C(CC1CCOCC1)NC1CCC(CCN2CCC(c3cccc4c3CCO4)CC2)CC1. The van der Waals surface area contributed by atoms with Crippen molar-refractivity contribution in [3.8, 4) is 5.75 Å². The van der Waals surface area contributed by atoms with E-state index in [9.17, 15) is 4.79 Å². The van der Waals surface area contributed by atoms with Crippen LogP contribution in [0.3, 0.4) is 0 Å². The summed E-state index contributed by atoms with van der Waals surface area (Å²) in [6.07, 6.45) is 12.6. The molecule has 1 aromatic carbocycles. The Morgan fingerprint density at radius 3 is 2.52 bits per heavy atom. The lowest BCUT2D eigenvalue weighted by Gasteiger charge is -2.35. The lowest BCUT2D eigenvalue weighted by Crippen LogP contribution is -2.39. The number of hydrogen-bond acceptors (Lipinski definition) is 4. The Labute approximate surface area is 199 Å². The molecule has 1 N–H and O–H groups in total. The number of benzene rings is 1. The minimum atomic E-state index is 0.267. The molecule has 1 aliphatic carbocycles. The van der Waals surface area contributed by atoms with Gasteiger partial charge in [-0.15, -0.1) is 0 Å². The highest BCUT2D eigenvalue weighted by molar-refractivity contribution is 5.76. The number of hydrogen-bond donors (Lipinski definition) is 1. The predicted octanol–water partition coefficient (Wildman–Crippen LogP) is 4.68. The van der Waals surface area contributed by atoms with Gasteiger partial charge < -0.3 is 19.7 Å². The minimum absolute atomic E-state index is 0.267. The fourth-order valence-electron chi connectivity index (χ4n) is 6.56. The van der Waals surface area contributed by atoms with Gasteiger partial charge in [-0.05, 0) is 107 Å². The third-order valence-corrected chi connectivity index (χ3v) is 8.69. The largest absolute Gasteiger partial charge is 0.493 e. The van der Waals surface area contributed by atoms with Crippen LogP contribution < -0.4 is 10.1 Å². The van der Waals surface area contributed by atoms with Gasteiger partial charge in [0.2, 0.25) is 5.91 Å². The molecule has 182 valence electrons. The van der Waals surface area contributed by atoms with Crippen LogP contribution in [0.5, 0.6) is 5.75 Å². The Balaban J connectivity index is 0.980. The van der Waals surface area contributed by atoms with Crippen LogP contribution in [0.2, 0.25) is 0 Å². The Hall–Kier alpha value is -1.59. The molecular weight excluding hydrogens is 412 g/mol. The summed E-state index contributed by atoms with van der Waals surface area (Å²) in [4.78, 5) is 15.1. The molecule has 0 bridgehead atoms. The molecule has 3 aliphatic heterocycles. The minimum Gasteiger partial charge on any atom is -0.493 e. The molecule has 0 spiro atoms. The van der Waals surface area contributed by atoms with Crippen LogP contribution in [0, 0.1) is 11.8 Å². The predicted molar refractivity (Wildman–Crippen MR) is 131 cm³/mol. The van der Waals surface area contributed by atoms with Crippen molar-refractivity contribution >= 4 is 5.91 Å². The summed E-state index contributed by atoms with van der Waals surface area (Å²) in [6, 6.07) is 7.05. The molecule has 3 heterocycles. The molecule has 1 aromatic rings. The number of carbonyl (C=O) groups excluding carboxylic acids is 1. The van der Waals surface area contributed by atoms with Crippen molar-refractivity contribution in [2.75, 3.05) is 39.5 Å². The summed E-state index contributed by atoms with van der Waals surface area (Å²) in [5.74, 6) is 3.46. The molecule has 4 aliphatic rings. The van der Waals surface area contributed by atoms with Crippen molar-refractivity contribution in [3.05, 3.63) is 29.3 Å². The zero-order chi connectivity index (χ0) is 22.5. The van der Waals surface area contributed by atoms with Crippen molar-refractivity contribution in [1.82, 2.24) is 10.2 Å². The molecule has 2 saturated heterocycles. The molecule has 1 amide bonds. The van der Waals surface area contributed by atoms with Crippen molar-refractivity contribution in [2.45, 2.75) is 82.6 Å². The van der Waals surface area contributed by atoms with Gasteiger partial charge in [0, 0.05) is 37.7 Å². The van der Waals surface area contributed by atoms with Crippen LogP contribution in [0.1, 0.15) is 81.3 Å². The number of ether oxygens (including phenoxy) is 2. The van der Waals surface area contributed by atoms with Crippen molar-refractivity contribution in [3.63, 3.8) is 0 Å². The van der Waals surface area contributed by atoms with Crippen LogP contribution in [-0.2, 0) is 16.0 Å². The van der Waals surface area contributed by atoms with E-state index in [4.69, 9.17) is 9.47 Å². The summed E-state index contributed by atoms with van der Waals surface area (Å²) in [6.45, 7) is 6.20. The van der Waals surface area contributed by atoms with E-state index in [2.05, 4.69) is 28.4 Å². The number of nitrogens with one attached hydrogen (secondary N) is 1. The smallest absolute Gasteiger partial charge is 0.220 e. The fourth-order valence-corrected chi connectivity index (χ4v) is 6.56. The van der Waals surface area contributed by atoms with Gasteiger partial charge in [0.05, 0.1) is 6.61 Å². The second-order valence-electron chi connectivity index (χ2n) is 10.9. The molecule has 1 saturated carbocycles. The Bertz CT molecular complexity index is 775. The molecule has 0 unspecified atom stereocenters. The molecule has 5 heteroatoms. The van der Waals surface area contributed by atoms with Crippen LogP contribution in [-0.4, -0.2) is 56.3 Å². The van der Waals surface area contributed by atoms with Crippen LogP contribution in [0.25, 0.3) is 0 Å². The first kappa shape index (κ1) is 23.2. The first-order valence-corrected chi connectivity index (χ1v) is 13.6. The summed E-state index contributed by atoms with van der Waals surface area (Å²) < 4.78 is 11.2. The number of likely N-dealkylation sites (tertiary alicyclic amines) is 1. The van der Waals surface area contributed by atoms with Gasteiger partial charge in [0.1, 0.15) is 5.75 Å². The molecule has 0 aromatic heterocycles. The van der Waals surface area contributed by atoms with Gasteiger partial charge in [-0.25, -0.2) is 0 Å². The summed E-state index contributed by atoms with van der Waals surface area (Å²) >= 11 is 0. The van der Waals surface area contributed by atoms with Crippen LogP contribution in [0.4, 0.5) is 0 Å². The quantitative estimate of drug-likeness (QED) is 0.650. The van der Waals surface area contributed by atoms with Crippen molar-refractivity contribution in [2.24, 2.45) is 11.8 Å². The second-order valence-corrected chi connectivity index (χ2v) is 10.9. The molecule has 0 radical (unpaired) electrons. The van der Waals surface area contributed by atoms with Gasteiger partial charge in [0.15, 0.2) is 0 Å². The Morgan fingerprint density at radius 1 is 0.939 bits per heavy atom. The number of piperidine rings is 1. The summed E-state index contributed by atoms with van der Waals surface area (Å²) in [5.41, 5.74) is 3.04. The maximum Gasteiger partial charge on any atom is 0.220 e. The second kappa shape index (κ2) is 11.2. The molecule has 0 atom stereocenters. The van der Waals surface area contributed by atoms with Crippen molar-refractivity contribution < 1.29 is 14.3 Å². The first-order chi connectivity index (χ1) is 16.2. The number of nitrogens with zero attached hydrogens (tertiary/aromatic N) is 1. The van der Waals surface area contributed by atoms with E-state index in [0.717, 1.165) is 63.6 Å². The van der Waals surface area contributed by atoms with Gasteiger partial charge in [-0.3, -0.25) is 4.79 Å². The topological polar surface area (TPSA) is 50.8 Å². The van der Waals surface area contributed by atoms with E-state index in [0.29, 0.717) is 24.3 Å². The maximum atomic E-state index is 12.4. The Kier molecular flexibility index (Phi) is 7.88. The molecule has 33 heavy (non-hydrogen) atoms. The monoisotopic (exact) mass is 454 g/mol. The van der Waals surface area contributed by atoms with Crippen molar-refractivity contribution in [1.29, 1.82) is 0 Å². The molecule has 5 rings (SSSR count). The van der Waals surface area contributed by atoms with Crippen LogP contribution >= 0.6 is 0 Å².